The second-order valence-corrected chi connectivity index (χ2v) is 4.33. The van der Waals surface area contributed by atoms with Crippen molar-refractivity contribution in [3.63, 3.8) is 0 Å². The van der Waals surface area contributed by atoms with Gasteiger partial charge < -0.3 is 0 Å². The molecule has 1 aliphatic carbocycles. The lowest BCUT2D eigenvalue weighted by atomic mass is 9.91. The van der Waals surface area contributed by atoms with Crippen LogP contribution in [0.1, 0.15) is 24.7 Å². The molecule has 0 saturated carbocycles. The van der Waals surface area contributed by atoms with E-state index in [1.54, 1.807) is 12.4 Å². The molecule has 0 radical (unpaired) electrons. The number of aromatic nitrogens is 3. The molecule has 2 heterocycles. The minimum absolute atomic E-state index is 0.742. The molecule has 76 valence electrons. The molecule has 3 nitrogen and oxygen atoms in total. The summed E-state index contributed by atoms with van der Waals surface area (Å²) in [6, 6.07) is 1.93. The topological polar surface area (TPSA) is 38.7 Å². The minimum Gasteiger partial charge on any atom is -0.262 e. The Kier molecular flexibility index (Phi) is 1.91. The molecule has 1 atom stereocenters. The molecule has 1 aliphatic rings. The van der Waals surface area contributed by atoms with Crippen molar-refractivity contribution in [1.82, 2.24) is 15.0 Å². The first kappa shape index (κ1) is 8.77. The first-order valence-corrected chi connectivity index (χ1v) is 5.42. The third kappa shape index (κ3) is 1.48. The summed E-state index contributed by atoms with van der Waals surface area (Å²) in [4.78, 5) is 13.4. The summed E-state index contributed by atoms with van der Waals surface area (Å²) >= 11 is 0. The molecule has 3 heteroatoms. The molecule has 0 bridgehead atoms. The average molecular weight is 199 g/mol. The summed E-state index contributed by atoms with van der Waals surface area (Å²) in [6.07, 6.45) is 6.93. The van der Waals surface area contributed by atoms with E-state index in [0.717, 1.165) is 29.8 Å². The third-order valence-corrected chi connectivity index (χ3v) is 3.04. The van der Waals surface area contributed by atoms with Gasteiger partial charge in [-0.2, -0.15) is 0 Å². The number of rotatable bonds is 0. The Labute approximate surface area is 88.6 Å². The van der Waals surface area contributed by atoms with Crippen molar-refractivity contribution < 1.29 is 0 Å². The van der Waals surface area contributed by atoms with E-state index in [4.69, 9.17) is 0 Å². The van der Waals surface area contributed by atoms with E-state index in [-0.39, 0.29) is 0 Å². The summed E-state index contributed by atoms with van der Waals surface area (Å²) < 4.78 is 0. The summed E-state index contributed by atoms with van der Waals surface area (Å²) in [5, 5.41) is 0. The fraction of sp³-hybridized carbons (Fsp3) is 0.417. The van der Waals surface area contributed by atoms with Gasteiger partial charge in [-0.05, 0) is 31.2 Å². The monoisotopic (exact) mass is 199 g/mol. The Morgan fingerprint density at radius 3 is 3.00 bits per heavy atom. The van der Waals surface area contributed by atoms with Gasteiger partial charge in [-0.1, -0.05) is 6.92 Å². The van der Waals surface area contributed by atoms with Crippen LogP contribution in [-0.2, 0) is 12.8 Å². The Morgan fingerprint density at radius 1 is 1.20 bits per heavy atom. The third-order valence-electron chi connectivity index (χ3n) is 3.04. The Bertz CT molecular complexity index is 507. The van der Waals surface area contributed by atoms with Crippen molar-refractivity contribution in [3.8, 4) is 0 Å². The van der Waals surface area contributed by atoms with E-state index >= 15 is 0 Å². The summed E-state index contributed by atoms with van der Waals surface area (Å²) in [7, 11) is 0. The molecule has 0 N–H and O–H groups in total. The first-order chi connectivity index (χ1) is 7.33. The lowest BCUT2D eigenvalue weighted by Gasteiger charge is -2.19. The predicted octanol–water partition coefficient (Wildman–Crippen LogP) is 2.15. The molecule has 3 rings (SSSR count). The second-order valence-electron chi connectivity index (χ2n) is 4.33. The summed E-state index contributed by atoms with van der Waals surface area (Å²) in [5.74, 6) is 0.742. The van der Waals surface area contributed by atoms with Gasteiger partial charge in [0.15, 0.2) is 0 Å². The van der Waals surface area contributed by atoms with E-state index in [9.17, 15) is 0 Å². The maximum absolute atomic E-state index is 4.66. The first-order valence-electron chi connectivity index (χ1n) is 5.42. The molecule has 0 fully saturated rings. The van der Waals surface area contributed by atoms with Crippen LogP contribution in [0.4, 0.5) is 0 Å². The van der Waals surface area contributed by atoms with Gasteiger partial charge in [0, 0.05) is 6.20 Å². The summed E-state index contributed by atoms with van der Waals surface area (Å²) in [6.45, 7) is 2.28. The van der Waals surface area contributed by atoms with Crippen molar-refractivity contribution >= 4 is 11.0 Å². The van der Waals surface area contributed by atoms with Gasteiger partial charge >= 0.3 is 0 Å². The van der Waals surface area contributed by atoms with Crippen LogP contribution in [0.3, 0.4) is 0 Å². The van der Waals surface area contributed by atoms with Crippen molar-refractivity contribution in [2.24, 2.45) is 5.92 Å². The highest BCUT2D eigenvalue weighted by molar-refractivity contribution is 5.73. The standard InChI is InChI=1S/C12H13N3/c1-8-2-3-9-11(6-8)14-10-4-5-13-7-12(10)15-9/h4-5,7-8H,2-3,6H2,1H3. The molecule has 2 aromatic heterocycles. The van der Waals surface area contributed by atoms with E-state index in [1.807, 2.05) is 6.07 Å². The van der Waals surface area contributed by atoms with Crippen molar-refractivity contribution in [3.05, 3.63) is 29.8 Å². The molecular weight excluding hydrogens is 186 g/mol. The molecule has 1 unspecified atom stereocenters. The van der Waals surface area contributed by atoms with Crippen LogP contribution in [0, 0.1) is 5.92 Å². The molecular formula is C12H13N3. The molecule has 0 aromatic carbocycles. The zero-order chi connectivity index (χ0) is 10.3. The quantitative estimate of drug-likeness (QED) is 0.652. The van der Waals surface area contributed by atoms with Crippen LogP contribution in [0.2, 0.25) is 0 Å². The number of hydrogen-bond acceptors (Lipinski definition) is 3. The Balaban J connectivity index is 2.20. The zero-order valence-electron chi connectivity index (χ0n) is 8.77. The van der Waals surface area contributed by atoms with Gasteiger partial charge in [0.25, 0.3) is 0 Å². The zero-order valence-corrected chi connectivity index (χ0v) is 8.77. The number of fused-ring (bicyclic) bond motifs is 2. The van der Waals surface area contributed by atoms with Gasteiger partial charge in [0.05, 0.1) is 23.1 Å². The van der Waals surface area contributed by atoms with E-state index < -0.39 is 0 Å². The molecule has 0 amide bonds. The second kappa shape index (κ2) is 3.26. The highest BCUT2D eigenvalue weighted by Gasteiger charge is 2.18. The smallest absolute Gasteiger partial charge is 0.107 e. The van der Waals surface area contributed by atoms with Gasteiger partial charge in [-0.15, -0.1) is 0 Å². The van der Waals surface area contributed by atoms with Crippen molar-refractivity contribution in [2.75, 3.05) is 0 Å². The maximum Gasteiger partial charge on any atom is 0.107 e. The molecule has 2 aromatic rings. The fourth-order valence-corrected chi connectivity index (χ4v) is 2.16. The van der Waals surface area contributed by atoms with Gasteiger partial charge in [-0.25, -0.2) is 9.97 Å². The molecule has 0 aliphatic heterocycles. The van der Waals surface area contributed by atoms with E-state index in [1.165, 1.54) is 17.8 Å². The van der Waals surface area contributed by atoms with Crippen molar-refractivity contribution in [1.29, 1.82) is 0 Å². The van der Waals surface area contributed by atoms with Crippen LogP contribution >= 0.6 is 0 Å². The summed E-state index contributed by atoms with van der Waals surface area (Å²) in [5.41, 5.74) is 4.25. The van der Waals surface area contributed by atoms with E-state index in [0.29, 0.717) is 0 Å². The average Bonchev–Trinajstić information content (AvgIpc) is 2.26. The largest absolute Gasteiger partial charge is 0.262 e. The van der Waals surface area contributed by atoms with Crippen LogP contribution in [0.15, 0.2) is 18.5 Å². The van der Waals surface area contributed by atoms with Gasteiger partial charge in [0.1, 0.15) is 5.52 Å². The molecule has 15 heavy (non-hydrogen) atoms. The van der Waals surface area contributed by atoms with Gasteiger partial charge in [-0.3, -0.25) is 4.98 Å². The lowest BCUT2D eigenvalue weighted by molar-refractivity contribution is 0.486. The highest BCUT2D eigenvalue weighted by atomic mass is 14.8. The normalized spacial score (nSPS) is 20.2. The number of aryl methyl sites for hydroxylation is 1. The van der Waals surface area contributed by atoms with Crippen LogP contribution in [0.5, 0.6) is 0 Å². The van der Waals surface area contributed by atoms with Crippen LogP contribution < -0.4 is 0 Å². The number of nitrogens with zero attached hydrogens (tertiary/aromatic N) is 3. The molecule has 0 saturated heterocycles. The SMILES string of the molecule is CC1CCc2nc3cnccc3nc2C1. The maximum atomic E-state index is 4.66. The fourth-order valence-electron chi connectivity index (χ4n) is 2.16. The highest BCUT2D eigenvalue weighted by Crippen LogP contribution is 2.23. The Hall–Kier alpha value is -1.51. The van der Waals surface area contributed by atoms with Crippen molar-refractivity contribution in [2.45, 2.75) is 26.2 Å². The predicted molar refractivity (Wildman–Crippen MR) is 58.5 cm³/mol. The lowest BCUT2D eigenvalue weighted by Crippen LogP contribution is -2.14. The number of pyridine rings is 1. The van der Waals surface area contributed by atoms with Gasteiger partial charge in [0.2, 0.25) is 0 Å². The van der Waals surface area contributed by atoms with Crippen LogP contribution in [-0.4, -0.2) is 15.0 Å². The number of hydrogen-bond donors (Lipinski definition) is 0. The molecule has 0 spiro atoms. The minimum atomic E-state index is 0.742. The van der Waals surface area contributed by atoms with E-state index in [2.05, 4.69) is 21.9 Å². The van der Waals surface area contributed by atoms with Crippen LogP contribution in [0.25, 0.3) is 11.0 Å². The Morgan fingerprint density at radius 2 is 2.07 bits per heavy atom.